The smallest absolute Gasteiger partial charge is 0.411 e. The second-order valence-corrected chi connectivity index (χ2v) is 15.2. The maximum Gasteiger partial charge on any atom is 0.411 e. The fourth-order valence-electron chi connectivity index (χ4n) is 6.52. The number of aromatic nitrogens is 1. The number of carbonyl (C=O) groups is 2. The summed E-state index contributed by atoms with van der Waals surface area (Å²) in [4.78, 5) is 35.1. The molecule has 1 saturated carbocycles. The van der Waals surface area contributed by atoms with E-state index in [2.05, 4.69) is 16.0 Å². The lowest BCUT2D eigenvalue weighted by Crippen LogP contribution is -2.56. The van der Waals surface area contributed by atoms with Crippen LogP contribution in [0.25, 0.3) is 21.2 Å². The molecule has 240 valence electrons. The van der Waals surface area contributed by atoms with Crippen molar-refractivity contribution in [3.05, 3.63) is 54.3 Å². The average Bonchev–Trinajstić information content (AvgIpc) is 3.40. The van der Waals surface area contributed by atoms with Crippen LogP contribution in [0, 0.1) is 5.92 Å². The topological polar surface area (TPSA) is 94.3 Å². The predicted molar refractivity (Wildman–Crippen MR) is 175 cm³/mol. The van der Waals surface area contributed by atoms with Crippen molar-refractivity contribution in [3.8, 4) is 10.9 Å². The molecule has 9 nitrogen and oxygen atoms in total. The number of carbonyl (C=O) groups excluding carboxylic acids is 2. The summed E-state index contributed by atoms with van der Waals surface area (Å²) in [6, 6.07) is 16.1. The number of benzene rings is 2. The van der Waals surface area contributed by atoms with Gasteiger partial charge in [0, 0.05) is 30.1 Å². The molecular formula is C35H43N3O6S. The first kappa shape index (κ1) is 31.4. The minimum absolute atomic E-state index is 0.103. The molecule has 4 heterocycles. The largest absolute Gasteiger partial charge is 0.460 e. The highest BCUT2D eigenvalue weighted by Gasteiger charge is 2.44. The van der Waals surface area contributed by atoms with E-state index < -0.39 is 23.3 Å². The van der Waals surface area contributed by atoms with Crippen LogP contribution < -0.4 is 4.74 Å². The zero-order valence-corrected chi connectivity index (χ0v) is 27.8. The maximum atomic E-state index is 13.5. The third kappa shape index (κ3) is 7.61. The molecule has 1 amide bonds. The average molecular weight is 634 g/mol. The fraction of sp³-hybridized carbons (Fsp3) is 0.514. The highest BCUT2D eigenvalue weighted by molar-refractivity contribution is 7.20. The van der Waals surface area contributed by atoms with Crippen LogP contribution in [0.2, 0.25) is 0 Å². The normalized spacial score (nSPS) is 20.7. The van der Waals surface area contributed by atoms with E-state index in [4.69, 9.17) is 18.6 Å². The molecule has 2 aliphatic heterocycles. The van der Waals surface area contributed by atoms with E-state index in [0.717, 1.165) is 59.2 Å². The molecule has 3 atom stereocenters. The Morgan fingerprint density at radius 3 is 2.56 bits per heavy atom. The molecule has 1 aliphatic carbocycles. The quantitative estimate of drug-likeness (QED) is 0.188. The van der Waals surface area contributed by atoms with Gasteiger partial charge in [0.25, 0.3) is 5.19 Å². The van der Waals surface area contributed by atoms with Gasteiger partial charge in [0.15, 0.2) is 0 Å². The summed E-state index contributed by atoms with van der Waals surface area (Å²) < 4.78 is 24.9. The Labute approximate surface area is 268 Å². The van der Waals surface area contributed by atoms with Crippen molar-refractivity contribution < 1.29 is 28.2 Å². The number of hydrogen-bond acceptors (Lipinski definition) is 9. The van der Waals surface area contributed by atoms with Crippen molar-refractivity contribution >= 4 is 44.6 Å². The molecule has 3 aliphatic rings. The number of amides is 1. The van der Waals surface area contributed by atoms with Gasteiger partial charge in [-0.1, -0.05) is 29.9 Å². The van der Waals surface area contributed by atoms with Gasteiger partial charge in [-0.2, -0.15) is 0 Å². The Balaban J connectivity index is 1.16. The van der Waals surface area contributed by atoms with Crippen LogP contribution in [0.1, 0.15) is 73.0 Å². The second-order valence-electron chi connectivity index (χ2n) is 14.2. The van der Waals surface area contributed by atoms with E-state index in [1.807, 2.05) is 84.0 Å². The van der Waals surface area contributed by atoms with E-state index in [-0.39, 0.29) is 24.5 Å². The summed E-state index contributed by atoms with van der Waals surface area (Å²) in [5.74, 6) is 1.37. The molecule has 2 aromatic heterocycles. The van der Waals surface area contributed by atoms with Gasteiger partial charge in [0.2, 0.25) is 0 Å². The second kappa shape index (κ2) is 12.3. The van der Waals surface area contributed by atoms with Crippen molar-refractivity contribution in [2.45, 2.75) is 97.1 Å². The van der Waals surface area contributed by atoms with Crippen LogP contribution in [0.5, 0.6) is 10.9 Å². The number of para-hydroxylation sites is 1. The zero-order valence-electron chi connectivity index (χ0n) is 27.0. The lowest BCUT2D eigenvalue weighted by molar-refractivity contribution is -0.157. The van der Waals surface area contributed by atoms with Crippen LogP contribution in [-0.2, 0) is 20.8 Å². The molecule has 0 spiro atoms. The molecule has 1 unspecified atom stereocenters. The highest BCUT2D eigenvalue weighted by atomic mass is 32.1. The van der Waals surface area contributed by atoms with Crippen LogP contribution >= 0.6 is 11.3 Å². The van der Waals surface area contributed by atoms with E-state index in [0.29, 0.717) is 17.5 Å². The van der Waals surface area contributed by atoms with Gasteiger partial charge in [-0.15, -0.1) is 0 Å². The van der Waals surface area contributed by atoms with E-state index >= 15 is 0 Å². The van der Waals surface area contributed by atoms with Gasteiger partial charge in [-0.05, 0) is 97.1 Å². The molecule has 4 aromatic rings. The molecule has 0 radical (unpaired) electrons. The molecule has 10 heteroatoms. The highest BCUT2D eigenvalue weighted by Crippen LogP contribution is 2.39. The van der Waals surface area contributed by atoms with Crippen molar-refractivity contribution in [1.82, 2.24) is 14.8 Å². The number of ether oxygens (including phenoxy) is 3. The lowest BCUT2D eigenvalue weighted by atomic mass is 9.87. The standard InChI is InChI=1S/C35H43N3O6S/c1-34(2,3)43-31(39)21-38(33(40)44-35(4,5)6)28-17-24-11-9-10-23(28)19-37(24)20-26-16-22-14-15-25(18-29(22)41-26)42-32-36-27-12-7-8-13-30(27)45-32/h7-8,12-16,18,23-24,28H,9-11,17,19-21H2,1-6H3/t23?,24-,28+/m0/s1. The van der Waals surface area contributed by atoms with E-state index in [1.54, 1.807) is 4.90 Å². The van der Waals surface area contributed by atoms with Gasteiger partial charge in [0.05, 0.1) is 16.8 Å². The molecule has 45 heavy (non-hydrogen) atoms. The fourth-order valence-corrected chi connectivity index (χ4v) is 7.36. The molecule has 0 N–H and O–H groups in total. The predicted octanol–water partition coefficient (Wildman–Crippen LogP) is 8.16. The SMILES string of the molecule is CC(C)(C)OC(=O)CN(C(=O)OC(C)(C)C)[C@@H]1C[C@@H]2CCCC1CN2Cc1cc2ccc(Oc3nc4ccccc4s3)cc2o1. The Morgan fingerprint density at radius 2 is 1.80 bits per heavy atom. The number of piperidine rings is 1. The van der Waals surface area contributed by atoms with Gasteiger partial charge < -0.3 is 18.6 Å². The summed E-state index contributed by atoms with van der Waals surface area (Å²) in [6.07, 6.45) is 3.40. The van der Waals surface area contributed by atoms with Gasteiger partial charge >= 0.3 is 12.1 Å². The van der Waals surface area contributed by atoms with Crippen LogP contribution in [0.4, 0.5) is 4.79 Å². The van der Waals surface area contributed by atoms with Crippen molar-refractivity contribution in [1.29, 1.82) is 0 Å². The lowest BCUT2D eigenvalue weighted by Gasteiger charge is -2.45. The summed E-state index contributed by atoms with van der Waals surface area (Å²) in [5.41, 5.74) is 0.395. The maximum absolute atomic E-state index is 13.5. The van der Waals surface area contributed by atoms with Gasteiger partial charge in [-0.3, -0.25) is 14.6 Å². The Kier molecular flexibility index (Phi) is 8.56. The van der Waals surface area contributed by atoms with Crippen molar-refractivity contribution in [3.63, 3.8) is 0 Å². The monoisotopic (exact) mass is 633 g/mol. The van der Waals surface area contributed by atoms with E-state index in [1.165, 1.54) is 11.3 Å². The molecular weight excluding hydrogens is 590 g/mol. The number of furan rings is 1. The Hall–Kier alpha value is -3.63. The summed E-state index contributed by atoms with van der Waals surface area (Å²) in [5, 5.41) is 1.62. The third-order valence-electron chi connectivity index (χ3n) is 8.28. The number of esters is 1. The van der Waals surface area contributed by atoms with Crippen molar-refractivity contribution in [2.75, 3.05) is 13.1 Å². The molecule has 7 rings (SSSR count). The summed E-state index contributed by atoms with van der Waals surface area (Å²) in [6.45, 7) is 12.4. The van der Waals surface area contributed by atoms with Crippen LogP contribution in [0.15, 0.2) is 52.9 Å². The molecule has 2 aromatic carbocycles. The number of hydrogen-bond donors (Lipinski definition) is 0. The molecule has 2 saturated heterocycles. The number of rotatable bonds is 7. The minimum atomic E-state index is -0.667. The molecule has 2 bridgehead atoms. The van der Waals surface area contributed by atoms with Crippen LogP contribution in [-0.4, -0.2) is 63.2 Å². The third-order valence-corrected chi connectivity index (χ3v) is 9.20. The first-order valence-electron chi connectivity index (χ1n) is 15.8. The Morgan fingerprint density at radius 1 is 1.02 bits per heavy atom. The van der Waals surface area contributed by atoms with Crippen molar-refractivity contribution in [2.24, 2.45) is 5.92 Å². The Bertz CT molecular complexity index is 1650. The van der Waals surface area contributed by atoms with Gasteiger partial charge in [-0.25, -0.2) is 9.78 Å². The minimum Gasteiger partial charge on any atom is -0.460 e. The molecule has 3 fully saturated rings. The zero-order chi connectivity index (χ0) is 31.9. The first-order chi connectivity index (χ1) is 21.3. The summed E-state index contributed by atoms with van der Waals surface area (Å²) in [7, 11) is 0. The number of nitrogens with zero attached hydrogens (tertiary/aromatic N) is 3. The first-order valence-corrected chi connectivity index (χ1v) is 16.6. The van der Waals surface area contributed by atoms with E-state index in [9.17, 15) is 9.59 Å². The number of thiazole rings is 1. The van der Waals surface area contributed by atoms with Gasteiger partial charge in [0.1, 0.15) is 34.8 Å². The van der Waals surface area contributed by atoms with Crippen LogP contribution in [0.3, 0.4) is 0 Å². The summed E-state index contributed by atoms with van der Waals surface area (Å²) >= 11 is 1.52. The number of fused-ring (bicyclic) bond motifs is 6.